The highest BCUT2D eigenvalue weighted by Crippen LogP contribution is 2.41. The maximum atomic E-state index is 13.3. The minimum atomic E-state index is -4.91. The summed E-state index contributed by atoms with van der Waals surface area (Å²) in [6, 6.07) is 62.6. The number of carbonyl (C=O) groups excluding carboxylic acids is 12. The molecule has 45 heteroatoms. The van der Waals surface area contributed by atoms with Crippen LogP contribution in [0.4, 0.5) is 109 Å². The van der Waals surface area contributed by atoms with Crippen LogP contribution < -0.4 is 41.7 Å². The zero-order valence-electron chi connectivity index (χ0n) is 81.4. The molecule has 0 unspecified atom stereocenters. The third-order valence-electron chi connectivity index (χ3n) is 25.1. The van der Waals surface area contributed by atoms with Crippen LogP contribution >= 0.6 is 0 Å². The Morgan fingerprint density at radius 2 is 0.527 bits per heavy atom. The van der Waals surface area contributed by atoms with Gasteiger partial charge in [0.2, 0.25) is 48.0 Å². The molecule has 8 aromatic carbocycles. The zero-order valence-corrected chi connectivity index (χ0v) is 81.4. The van der Waals surface area contributed by atoms with Crippen LogP contribution in [0, 0.1) is 47.3 Å². The molecule has 0 aromatic heterocycles. The molecule has 0 aliphatic carbocycles. The average Bonchev–Trinajstić information content (AvgIpc) is 1.64. The first-order valence-corrected chi connectivity index (χ1v) is 46.9. The standard InChI is InChI=1S/C27H26F6N2O3.C26H26F6N4O3.C26H25F6N3O3.C26H28F3N3O3/c1-16(36)19(11-13-26(28,29)30)21(12-14-27(31,32)33)25(38)35-24-22(37)15-18-9-5-6-10-20(18)23(34-24)17-7-3-2-4-8-17;1-36-19-10-6-5-9-18(19)20(15-7-3-2-4-8-15)34-22(24(36)39)35-23(38)17(12-14-26(30,31)32)16(21(33)37)11-13-25(27,28)29;1-15(36)19(14-26(30,31)32)17(12-13-25(27,28)29)23(37)34-22-24(38)35(2)20-11-7-6-10-18(20)21(33-22)16-8-4-3-5-9-16;1-4-18(19(16(2)33)14-15-26(27,28)29)24(34)31-23-25(35)32(3)21-13-9-8-12-20(21)22(30-23)17-10-6-5-7-11-17/h2-10,19,21,24H,11-15H2,1H3,(H,35,38);2-10,16-17,22H,11-14H2,1H3,(H2,33,37)(H,35,38);3-11,17,19,22H,12-14H2,1-2H3,(H,34,37);5-13,18-19,23H,4,14-15H2,1-3H3,(H,31,34)/t19-,21-,24-;16-,17+,22+;17-,19-,22-;18-,19-,23-/m1011/s1. The fraction of sp³-hybridized carbons (Fsp3) is 0.390. The third kappa shape index (κ3) is 34.5. The number of nitrogens with one attached hydrogen (secondary N) is 4. The zero-order chi connectivity index (χ0) is 111. The van der Waals surface area contributed by atoms with Gasteiger partial charge < -0.3 is 41.7 Å². The molecule has 0 bridgehead atoms. The fourth-order valence-corrected chi connectivity index (χ4v) is 17.5. The van der Waals surface area contributed by atoms with E-state index in [9.17, 15) is 150 Å². The first-order chi connectivity index (χ1) is 70.1. The van der Waals surface area contributed by atoms with Gasteiger partial charge >= 0.3 is 43.2 Å². The van der Waals surface area contributed by atoms with E-state index in [0.29, 0.717) is 78.7 Å². The number of Topliss-reactive ketones (excluding diaryl/α,β-unsaturated/α-hetero) is 4. The molecule has 804 valence electrons. The summed E-state index contributed by atoms with van der Waals surface area (Å²) >= 11 is 0. The Balaban J connectivity index is 0.000000222. The Kier molecular flexibility index (Phi) is 40.9. The Morgan fingerprint density at radius 1 is 0.300 bits per heavy atom. The number of benzene rings is 8. The van der Waals surface area contributed by atoms with Gasteiger partial charge in [0.05, 0.1) is 46.3 Å². The molecule has 6 N–H and O–H groups in total. The topological polar surface area (TPSA) is 338 Å². The molecule has 12 atom stereocenters. The number of amides is 8. The van der Waals surface area contributed by atoms with Gasteiger partial charge in [0, 0.05) is 158 Å². The van der Waals surface area contributed by atoms with E-state index in [-0.39, 0.29) is 18.6 Å². The predicted molar refractivity (Wildman–Crippen MR) is 513 cm³/mol. The molecule has 4 aliphatic heterocycles. The maximum Gasteiger partial charge on any atom is 0.389 e. The van der Waals surface area contributed by atoms with Gasteiger partial charge in [0.15, 0.2) is 11.9 Å². The normalized spacial score (nSPS) is 17.6. The number of alkyl halides is 21. The lowest BCUT2D eigenvalue weighted by molar-refractivity contribution is -0.163. The van der Waals surface area contributed by atoms with Gasteiger partial charge in [-0.2, -0.15) is 92.2 Å². The molecule has 4 aliphatic rings. The number of rotatable bonds is 34. The molecule has 24 nitrogen and oxygen atoms in total. The van der Waals surface area contributed by atoms with Crippen molar-refractivity contribution in [2.45, 2.75) is 192 Å². The SMILES string of the molecule is CC(=O)[C@@H](CC(F)(F)F)[C@@H](CCC(F)(F)F)C(=O)N[C@H]1N=C(c2ccccc2)c2ccccc2N(C)C1=O.CC(=O)[C@@H](CCC(F)(F)F)[C@@H](CCC(F)(F)F)C(=O)N[C@H]1N=C(c2ccccc2)c2ccccc2CC1=O.CC[C@@H](C(=O)N[C@H]1N=C(c2ccccc2)c2ccccc2N(C)C1=O)[C@H](CCC(F)(F)F)C(C)=O.CN1C(=O)[C@@H](NC(=O)[C@H](CCC(F)(F)F)[C@H](CCC(F)(F)F)C(N)=O)N=C(c2ccccc2)c2ccccc21. The molecule has 0 saturated heterocycles. The molecular formula is C105H105F21N12O12. The smallest absolute Gasteiger partial charge is 0.369 e. The average molecular weight is 2130 g/mol. The summed E-state index contributed by atoms with van der Waals surface area (Å²) < 4.78 is 272. The second-order valence-electron chi connectivity index (χ2n) is 35.8. The summed E-state index contributed by atoms with van der Waals surface area (Å²) in [5.41, 5.74) is 13.7. The molecule has 8 amide bonds. The number of carbonyl (C=O) groups is 12. The number of para-hydroxylation sites is 3. The first kappa shape index (κ1) is 119. The lowest BCUT2D eigenvalue weighted by atomic mass is 9.81. The Labute approximate surface area is 846 Å². The van der Waals surface area contributed by atoms with Gasteiger partial charge in [0.25, 0.3) is 17.7 Å². The van der Waals surface area contributed by atoms with E-state index in [1.54, 1.807) is 190 Å². The van der Waals surface area contributed by atoms with Crippen LogP contribution in [-0.2, 0) is 64.0 Å². The second-order valence-corrected chi connectivity index (χ2v) is 35.8. The number of ketones is 4. The summed E-state index contributed by atoms with van der Waals surface area (Å²) in [6.45, 7) is 4.54. The van der Waals surface area contributed by atoms with Crippen molar-refractivity contribution in [1.29, 1.82) is 0 Å². The molecule has 0 radical (unpaired) electrons. The molecule has 0 spiro atoms. The summed E-state index contributed by atoms with van der Waals surface area (Å²) in [6.07, 6.45) is -55.0. The summed E-state index contributed by atoms with van der Waals surface area (Å²) in [5.74, 6) is -24.0. The first-order valence-electron chi connectivity index (χ1n) is 46.9. The van der Waals surface area contributed by atoms with Crippen LogP contribution in [0.2, 0.25) is 0 Å². The summed E-state index contributed by atoms with van der Waals surface area (Å²) in [5, 5.41) is 9.44. The lowest BCUT2D eigenvalue weighted by Crippen LogP contribution is -2.50. The molecule has 12 rings (SSSR count). The number of hydrogen-bond acceptors (Lipinski definition) is 16. The Bertz CT molecular complexity index is 6240. The monoisotopic (exact) mass is 2120 g/mol. The Hall–Kier alpha value is -14.6. The molecular weight excluding hydrogens is 2020 g/mol. The van der Waals surface area contributed by atoms with Gasteiger partial charge in [-0.25, -0.2) is 15.0 Å². The molecule has 4 heterocycles. The molecule has 0 fully saturated rings. The van der Waals surface area contributed by atoms with E-state index in [1.807, 2.05) is 42.5 Å². The number of nitrogens with zero attached hydrogens (tertiary/aromatic N) is 7. The largest absolute Gasteiger partial charge is 0.389 e. The van der Waals surface area contributed by atoms with Crippen molar-refractivity contribution in [3.8, 4) is 0 Å². The number of primary amides is 1. The van der Waals surface area contributed by atoms with Crippen molar-refractivity contribution >= 4 is 110 Å². The van der Waals surface area contributed by atoms with Crippen molar-refractivity contribution < 1.29 is 150 Å². The van der Waals surface area contributed by atoms with Crippen LogP contribution in [0.3, 0.4) is 0 Å². The summed E-state index contributed by atoms with van der Waals surface area (Å²) in [7, 11) is 4.40. The lowest BCUT2D eigenvalue weighted by Gasteiger charge is -2.27. The highest BCUT2D eigenvalue weighted by molar-refractivity contribution is 6.23. The minimum absolute atomic E-state index is 0.139. The molecule has 150 heavy (non-hydrogen) atoms. The van der Waals surface area contributed by atoms with Gasteiger partial charge in [-0.1, -0.05) is 207 Å². The van der Waals surface area contributed by atoms with Gasteiger partial charge in [0.1, 0.15) is 17.3 Å². The van der Waals surface area contributed by atoms with Crippen molar-refractivity contribution in [3.05, 3.63) is 268 Å². The van der Waals surface area contributed by atoms with Crippen molar-refractivity contribution in [1.82, 2.24) is 21.3 Å². The fourth-order valence-electron chi connectivity index (χ4n) is 17.5. The van der Waals surface area contributed by atoms with E-state index >= 15 is 0 Å². The summed E-state index contributed by atoms with van der Waals surface area (Å²) in [4.78, 5) is 176. The van der Waals surface area contributed by atoms with Gasteiger partial charge in [-0.3, -0.25) is 62.5 Å². The van der Waals surface area contributed by atoms with Crippen LogP contribution in [0.1, 0.15) is 168 Å². The van der Waals surface area contributed by atoms with Crippen LogP contribution in [0.15, 0.2) is 238 Å². The predicted octanol–water partition coefficient (Wildman–Crippen LogP) is 19.5. The third-order valence-corrected chi connectivity index (χ3v) is 25.1. The number of anilines is 3. The molecule has 8 aromatic rings. The van der Waals surface area contributed by atoms with Gasteiger partial charge in [-0.15, -0.1) is 0 Å². The number of fused-ring (bicyclic) bond motifs is 4. The quantitative estimate of drug-likeness (QED) is 0.0235. The second kappa shape index (κ2) is 51.6. The number of benzodiazepines with no additional fused rings is 3. The van der Waals surface area contributed by atoms with Gasteiger partial charge in [-0.05, 0) is 89.5 Å². The maximum absolute atomic E-state index is 13.3. The number of likely N-dealkylation sites (N-methyl/N-ethyl adjacent to an activating group) is 3. The number of hydrogen-bond donors (Lipinski definition) is 5. The van der Waals surface area contributed by atoms with Crippen LogP contribution in [-0.4, -0.2) is 182 Å². The number of halogens is 21. The van der Waals surface area contributed by atoms with Crippen molar-refractivity contribution in [2.75, 3.05) is 35.8 Å². The van der Waals surface area contributed by atoms with Crippen LogP contribution in [0.5, 0.6) is 0 Å². The van der Waals surface area contributed by atoms with Crippen molar-refractivity contribution in [3.63, 3.8) is 0 Å². The van der Waals surface area contributed by atoms with E-state index in [2.05, 4.69) is 41.2 Å². The highest BCUT2D eigenvalue weighted by Gasteiger charge is 2.48. The van der Waals surface area contributed by atoms with Crippen LogP contribution in [0.25, 0.3) is 0 Å². The van der Waals surface area contributed by atoms with E-state index in [1.165, 1.54) is 35.7 Å². The van der Waals surface area contributed by atoms with E-state index < -0.39 is 269 Å². The molecule has 0 saturated carbocycles. The number of nitrogens with two attached hydrogens (primary N) is 1. The van der Waals surface area contributed by atoms with E-state index in [0.717, 1.165) is 19.4 Å². The number of aliphatic imine (C=N–C) groups is 4. The minimum Gasteiger partial charge on any atom is -0.369 e. The van der Waals surface area contributed by atoms with Crippen molar-refractivity contribution in [2.24, 2.45) is 73.0 Å². The highest BCUT2D eigenvalue weighted by atomic mass is 19.4. The van der Waals surface area contributed by atoms with E-state index in [4.69, 9.17) is 5.73 Å². The Morgan fingerprint density at radius 3 is 0.807 bits per heavy atom.